The van der Waals surface area contributed by atoms with E-state index in [1.165, 1.54) is 0 Å². The molecule has 1 amide bonds. The molecule has 1 aromatic carbocycles. The van der Waals surface area contributed by atoms with Crippen molar-refractivity contribution in [1.82, 2.24) is 9.88 Å². The molecular weight excluding hydrogens is 332 g/mol. The summed E-state index contributed by atoms with van der Waals surface area (Å²) >= 11 is 0. The lowest BCUT2D eigenvalue weighted by Gasteiger charge is -2.25. The number of ether oxygens (including phenoxy) is 3. The van der Waals surface area contributed by atoms with Crippen LogP contribution in [-0.4, -0.2) is 48.8 Å². The Morgan fingerprint density at radius 1 is 1.27 bits per heavy atom. The van der Waals surface area contributed by atoms with Gasteiger partial charge in [-0.15, -0.1) is 0 Å². The molecule has 1 saturated heterocycles. The molecule has 1 fully saturated rings. The fourth-order valence-corrected chi connectivity index (χ4v) is 2.90. The maximum atomic E-state index is 12.7. The SMILES string of the molecule is COc1cccc(OCC(=O)N(Cc2ccccn2)C[C@@H]2CCCO2)c1. The van der Waals surface area contributed by atoms with Crippen LogP contribution in [-0.2, 0) is 16.1 Å². The number of carbonyl (C=O) groups excluding carboxylic acids is 1. The first kappa shape index (κ1) is 18.2. The monoisotopic (exact) mass is 356 g/mol. The molecule has 1 aromatic heterocycles. The third kappa shape index (κ3) is 5.20. The van der Waals surface area contributed by atoms with E-state index in [-0.39, 0.29) is 18.6 Å². The number of nitrogens with zero attached hydrogens (tertiary/aromatic N) is 2. The molecule has 0 N–H and O–H groups in total. The average molecular weight is 356 g/mol. The van der Waals surface area contributed by atoms with Gasteiger partial charge in [-0.2, -0.15) is 0 Å². The van der Waals surface area contributed by atoms with Crippen molar-refractivity contribution >= 4 is 5.91 Å². The summed E-state index contributed by atoms with van der Waals surface area (Å²) in [5, 5.41) is 0. The average Bonchev–Trinajstić information content (AvgIpc) is 3.20. The Hall–Kier alpha value is -2.60. The molecule has 3 rings (SSSR count). The Bertz CT molecular complexity index is 702. The predicted octanol–water partition coefficient (Wildman–Crippen LogP) is 2.68. The fourth-order valence-electron chi connectivity index (χ4n) is 2.90. The van der Waals surface area contributed by atoms with Gasteiger partial charge in [0.2, 0.25) is 0 Å². The van der Waals surface area contributed by atoms with Crippen molar-refractivity contribution in [3.05, 3.63) is 54.4 Å². The number of amides is 1. The van der Waals surface area contributed by atoms with Crippen LogP contribution in [0, 0.1) is 0 Å². The lowest BCUT2D eigenvalue weighted by Crippen LogP contribution is -2.39. The molecule has 0 radical (unpaired) electrons. The van der Waals surface area contributed by atoms with E-state index < -0.39 is 0 Å². The van der Waals surface area contributed by atoms with Gasteiger partial charge in [0.1, 0.15) is 11.5 Å². The Morgan fingerprint density at radius 3 is 2.88 bits per heavy atom. The van der Waals surface area contributed by atoms with E-state index in [1.807, 2.05) is 30.3 Å². The van der Waals surface area contributed by atoms with Gasteiger partial charge in [0.15, 0.2) is 6.61 Å². The predicted molar refractivity (Wildman–Crippen MR) is 97.1 cm³/mol. The second-order valence-corrected chi connectivity index (χ2v) is 6.20. The van der Waals surface area contributed by atoms with E-state index in [2.05, 4.69) is 4.98 Å². The smallest absolute Gasteiger partial charge is 0.260 e. The van der Waals surface area contributed by atoms with Crippen LogP contribution >= 0.6 is 0 Å². The lowest BCUT2D eigenvalue weighted by atomic mass is 10.2. The number of pyridine rings is 1. The molecule has 2 aromatic rings. The summed E-state index contributed by atoms with van der Waals surface area (Å²) in [6.07, 6.45) is 3.83. The number of carbonyl (C=O) groups is 1. The summed E-state index contributed by atoms with van der Waals surface area (Å²) in [5.74, 6) is 1.21. The van der Waals surface area contributed by atoms with Gasteiger partial charge < -0.3 is 19.1 Å². The minimum Gasteiger partial charge on any atom is -0.497 e. The number of hydrogen-bond donors (Lipinski definition) is 0. The van der Waals surface area contributed by atoms with Gasteiger partial charge in [0.25, 0.3) is 5.91 Å². The molecular formula is C20H24N2O4. The van der Waals surface area contributed by atoms with Crippen molar-refractivity contribution in [2.24, 2.45) is 0 Å². The van der Waals surface area contributed by atoms with Gasteiger partial charge in [0, 0.05) is 25.4 Å². The topological polar surface area (TPSA) is 60.9 Å². The van der Waals surface area contributed by atoms with Crippen LogP contribution in [0.3, 0.4) is 0 Å². The molecule has 0 unspecified atom stereocenters. The van der Waals surface area contributed by atoms with Crippen molar-refractivity contribution in [3.63, 3.8) is 0 Å². The Kier molecular flexibility index (Phi) is 6.44. The summed E-state index contributed by atoms with van der Waals surface area (Å²) in [5.41, 5.74) is 0.847. The highest BCUT2D eigenvalue weighted by molar-refractivity contribution is 5.77. The van der Waals surface area contributed by atoms with Crippen LogP contribution in [0.4, 0.5) is 0 Å². The summed E-state index contributed by atoms with van der Waals surface area (Å²) in [7, 11) is 1.60. The van der Waals surface area contributed by atoms with Crippen LogP contribution in [0.2, 0.25) is 0 Å². The molecule has 0 aliphatic carbocycles. The molecule has 0 spiro atoms. The summed E-state index contributed by atoms with van der Waals surface area (Å²) < 4.78 is 16.5. The second kappa shape index (κ2) is 9.20. The zero-order chi connectivity index (χ0) is 18.2. The molecule has 6 nitrogen and oxygen atoms in total. The van der Waals surface area contributed by atoms with Crippen LogP contribution in [0.5, 0.6) is 11.5 Å². The standard InChI is InChI=1S/C20H24N2O4/c1-24-17-7-4-8-18(12-17)26-15-20(23)22(14-19-9-5-11-25-19)13-16-6-2-3-10-21-16/h2-4,6-8,10,12,19H,5,9,11,13-15H2,1H3/t19-/m0/s1. The van der Waals surface area contributed by atoms with Crippen LogP contribution in [0.15, 0.2) is 48.7 Å². The van der Waals surface area contributed by atoms with Gasteiger partial charge in [-0.3, -0.25) is 9.78 Å². The minimum atomic E-state index is -0.0889. The zero-order valence-electron chi connectivity index (χ0n) is 15.0. The van der Waals surface area contributed by atoms with Gasteiger partial charge >= 0.3 is 0 Å². The van der Waals surface area contributed by atoms with E-state index in [1.54, 1.807) is 30.3 Å². The van der Waals surface area contributed by atoms with Crippen molar-refractivity contribution in [2.75, 3.05) is 26.9 Å². The molecule has 1 aliphatic rings. The van der Waals surface area contributed by atoms with Crippen molar-refractivity contribution in [2.45, 2.75) is 25.5 Å². The molecule has 6 heteroatoms. The summed E-state index contributed by atoms with van der Waals surface area (Å²) in [6, 6.07) is 12.9. The third-order valence-corrected chi connectivity index (χ3v) is 4.28. The molecule has 138 valence electrons. The molecule has 0 saturated carbocycles. The zero-order valence-corrected chi connectivity index (χ0v) is 15.0. The van der Waals surface area contributed by atoms with Gasteiger partial charge in [0.05, 0.1) is 25.5 Å². The van der Waals surface area contributed by atoms with Gasteiger partial charge in [-0.1, -0.05) is 12.1 Å². The van der Waals surface area contributed by atoms with Crippen molar-refractivity contribution in [1.29, 1.82) is 0 Å². The molecule has 0 bridgehead atoms. The minimum absolute atomic E-state index is 0.0350. The van der Waals surface area contributed by atoms with Gasteiger partial charge in [-0.25, -0.2) is 0 Å². The summed E-state index contributed by atoms with van der Waals surface area (Å²) in [6.45, 7) is 1.72. The van der Waals surface area contributed by atoms with Crippen LogP contribution in [0.1, 0.15) is 18.5 Å². The maximum Gasteiger partial charge on any atom is 0.260 e. The van der Waals surface area contributed by atoms with Crippen LogP contribution in [0.25, 0.3) is 0 Å². The van der Waals surface area contributed by atoms with E-state index >= 15 is 0 Å². The van der Waals surface area contributed by atoms with E-state index in [0.717, 1.165) is 25.1 Å². The van der Waals surface area contributed by atoms with E-state index in [4.69, 9.17) is 14.2 Å². The highest BCUT2D eigenvalue weighted by Gasteiger charge is 2.23. The quantitative estimate of drug-likeness (QED) is 0.728. The van der Waals surface area contributed by atoms with Crippen molar-refractivity contribution in [3.8, 4) is 11.5 Å². The molecule has 26 heavy (non-hydrogen) atoms. The molecule has 2 heterocycles. The first-order valence-corrected chi connectivity index (χ1v) is 8.81. The maximum absolute atomic E-state index is 12.7. The van der Waals surface area contributed by atoms with E-state index in [9.17, 15) is 4.79 Å². The largest absolute Gasteiger partial charge is 0.497 e. The molecule has 1 atom stereocenters. The lowest BCUT2D eigenvalue weighted by molar-refractivity contribution is -0.135. The Balaban J connectivity index is 1.62. The third-order valence-electron chi connectivity index (χ3n) is 4.28. The van der Waals surface area contributed by atoms with Crippen molar-refractivity contribution < 1.29 is 19.0 Å². The van der Waals surface area contributed by atoms with E-state index in [0.29, 0.717) is 24.6 Å². The number of rotatable bonds is 8. The number of aromatic nitrogens is 1. The van der Waals surface area contributed by atoms with Gasteiger partial charge in [-0.05, 0) is 37.1 Å². The number of hydrogen-bond acceptors (Lipinski definition) is 5. The highest BCUT2D eigenvalue weighted by Crippen LogP contribution is 2.19. The molecule has 1 aliphatic heterocycles. The highest BCUT2D eigenvalue weighted by atomic mass is 16.5. The normalized spacial score (nSPS) is 16.3. The first-order chi connectivity index (χ1) is 12.7. The first-order valence-electron chi connectivity index (χ1n) is 8.81. The number of methoxy groups -OCH3 is 1. The second-order valence-electron chi connectivity index (χ2n) is 6.20. The summed E-state index contributed by atoms with van der Waals surface area (Å²) in [4.78, 5) is 18.8. The Morgan fingerprint density at radius 2 is 2.15 bits per heavy atom. The number of benzene rings is 1. The Labute approximate surface area is 153 Å². The van der Waals surface area contributed by atoms with Crippen LogP contribution < -0.4 is 9.47 Å². The fraction of sp³-hybridized carbons (Fsp3) is 0.400.